The maximum Gasteiger partial charge on any atom is 0.147 e. The number of aliphatic hydroxyl groups is 8. The molecule has 4 aliphatic rings. The molecule has 1 aromatic rings. The molecule has 2 saturated heterocycles. The average molecular weight is 559 g/mol. The third-order valence-corrected chi connectivity index (χ3v) is 8.88. The molecule has 0 bridgehead atoms. The van der Waals surface area contributed by atoms with Gasteiger partial charge in [0.1, 0.15) is 61.0 Å². The summed E-state index contributed by atoms with van der Waals surface area (Å²) in [5.41, 5.74) is 3.29. The number of aliphatic hydroxyl groups excluding tert-OH is 8. The molecule has 2 aliphatic heterocycles. The second-order valence-electron chi connectivity index (χ2n) is 11.4. The van der Waals surface area contributed by atoms with Crippen LogP contribution in [0.4, 0.5) is 0 Å². The summed E-state index contributed by atoms with van der Waals surface area (Å²) in [5, 5.41) is 79.2. The first-order valence-corrected chi connectivity index (χ1v) is 14.0. The van der Waals surface area contributed by atoms with Crippen molar-refractivity contribution in [1.82, 2.24) is 0 Å². The first-order chi connectivity index (χ1) is 19.2. The number of fused-ring (bicyclic) bond motifs is 3. The van der Waals surface area contributed by atoms with E-state index in [1.54, 1.807) is 0 Å². The third kappa shape index (κ3) is 5.80. The molecular weight excluding hydrogens is 520 g/mol. The molecule has 2 heterocycles. The van der Waals surface area contributed by atoms with Gasteiger partial charge in [-0.25, -0.2) is 0 Å². The van der Waals surface area contributed by atoms with E-state index in [4.69, 9.17) is 9.47 Å². The zero-order chi connectivity index (χ0) is 28.6. The van der Waals surface area contributed by atoms with Crippen LogP contribution < -0.4 is 0 Å². The molecule has 5 rings (SSSR count). The highest BCUT2D eigenvalue weighted by Crippen LogP contribution is 2.47. The lowest BCUT2D eigenvalue weighted by Gasteiger charge is -2.40. The molecule has 1 saturated carbocycles. The maximum atomic E-state index is 10.3. The van der Waals surface area contributed by atoms with E-state index in [9.17, 15) is 40.9 Å². The van der Waals surface area contributed by atoms with Crippen molar-refractivity contribution < 1.29 is 50.3 Å². The van der Waals surface area contributed by atoms with Crippen molar-refractivity contribution in [2.45, 2.75) is 99.1 Å². The summed E-state index contributed by atoms with van der Waals surface area (Å²) in [4.78, 5) is 0. The molecule has 2 aliphatic carbocycles. The fraction of sp³-hybridized carbons (Fsp3) is 0.667. The van der Waals surface area contributed by atoms with E-state index in [1.807, 2.05) is 12.1 Å². The van der Waals surface area contributed by atoms with Gasteiger partial charge in [0, 0.05) is 11.5 Å². The van der Waals surface area contributed by atoms with Crippen LogP contribution in [0.3, 0.4) is 0 Å². The number of benzene rings is 1. The van der Waals surface area contributed by atoms with Crippen LogP contribution in [-0.2, 0) is 15.9 Å². The minimum Gasteiger partial charge on any atom is -0.394 e. The van der Waals surface area contributed by atoms with Crippen molar-refractivity contribution in [2.24, 2.45) is 11.8 Å². The van der Waals surface area contributed by atoms with E-state index in [-0.39, 0.29) is 5.92 Å². The minimum atomic E-state index is -1.46. The minimum absolute atomic E-state index is 0.124. The Balaban J connectivity index is 1.23. The van der Waals surface area contributed by atoms with Crippen LogP contribution in [0, 0.1) is 35.5 Å². The summed E-state index contributed by atoms with van der Waals surface area (Å²) < 4.78 is 11.0. The Bertz CT molecular complexity index is 1160. The third-order valence-electron chi connectivity index (χ3n) is 8.88. The van der Waals surface area contributed by atoms with E-state index in [0.717, 1.165) is 37.7 Å². The lowest BCUT2D eigenvalue weighted by atomic mass is 9.65. The molecule has 8 N–H and O–H groups in total. The van der Waals surface area contributed by atoms with Gasteiger partial charge >= 0.3 is 0 Å². The molecule has 0 spiro atoms. The van der Waals surface area contributed by atoms with Gasteiger partial charge in [0.05, 0.1) is 13.2 Å². The number of aryl methyl sites for hydroxylation is 1. The standard InChI is InChI=1S/C30H38O10/c31-13-23-27(35)29(37)25(33)21(39-23)9-3-15-1-7-19-17(11-15)5-6-18-12-16(2-8-20(18)19)4-10-22-26(34)30(38)28(36)24(14-32)40-22/h1,7,11,16,18,20-38H,2,5-6,8,12-14H2/t16?,18?,20?,21-,22-,23-,24-,25-,26-,27-,28-,29-,30-/m1/s1. The Kier molecular flexibility index (Phi) is 9.15. The molecule has 0 amide bonds. The Labute approximate surface area is 233 Å². The first kappa shape index (κ1) is 29.4. The highest BCUT2D eigenvalue weighted by Gasteiger charge is 2.44. The Hall–Kier alpha value is -2.06. The molecule has 3 fully saturated rings. The summed E-state index contributed by atoms with van der Waals surface area (Å²) in [7, 11) is 0. The molecule has 10 nitrogen and oxygen atoms in total. The fourth-order valence-corrected chi connectivity index (χ4v) is 6.52. The average Bonchev–Trinajstić information content (AvgIpc) is 2.97. The summed E-state index contributed by atoms with van der Waals surface area (Å²) in [6.07, 6.45) is -7.74. The maximum absolute atomic E-state index is 10.3. The van der Waals surface area contributed by atoms with Gasteiger partial charge in [0.15, 0.2) is 0 Å². The second-order valence-corrected chi connectivity index (χ2v) is 11.4. The molecule has 218 valence electrons. The fourth-order valence-electron chi connectivity index (χ4n) is 6.52. The smallest absolute Gasteiger partial charge is 0.147 e. The summed E-state index contributed by atoms with van der Waals surface area (Å²) >= 11 is 0. The predicted octanol–water partition coefficient (Wildman–Crippen LogP) is -1.83. The molecule has 3 unspecified atom stereocenters. The molecule has 0 aromatic heterocycles. The summed E-state index contributed by atoms with van der Waals surface area (Å²) in [6.45, 7) is -0.971. The van der Waals surface area contributed by atoms with Crippen molar-refractivity contribution in [2.75, 3.05) is 13.2 Å². The van der Waals surface area contributed by atoms with Gasteiger partial charge in [-0.3, -0.25) is 0 Å². The van der Waals surface area contributed by atoms with Gasteiger partial charge in [-0.05, 0) is 67.2 Å². The van der Waals surface area contributed by atoms with E-state index in [2.05, 4.69) is 29.7 Å². The monoisotopic (exact) mass is 558 g/mol. The first-order valence-electron chi connectivity index (χ1n) is 14.0. The summed E-state index contributed by atoms with van der Waals surface area (Å²) in [6, 6.07) is 6.08. The van der Waals surface area contributed by atoms with Crippen LogP contribution >= 0.6 is 0 Å². The number of ether oxygens (including phenoxy) is 2. The Morgan fingerprint density at radius 2 is 1.32 bits per heavy atom. The number of rotatable bonds is 2. The largest absolute Gasteiger partial charge is 0.394 e. The van der Waals surface area contributed by atoms with Crippen molar-refractivity contribution in [3.63, 3.8) is 0 Å². The Morgan fingerprint density at radius 1 is 0.700 bits per heavy atom. The van der Waals surface area contributed by atoms with E-state index >= 15 is 0 Å². The van der Waals surface area contributed by atoms with Gasteiger partial charge in [0.2, 0.25) is 0 Å². The van der Waals surface area contributed by atoms with Gasteiger partial charge < -0.3 is 50.3 Å². The SMILES string of the molecule is OC[C@H]1O[C@H](C#Cc2ccc3c(c2)CCC2CC(C#C[C@H]4O[C@H](CO)[C@@H](O)[C@H](O)[C@@H]4O)CCC32)[C@@H](O)[C@@H](O)[C@@H]1O. The molecule has 1 aromatic carbocycles. The van der Waals surface area contributed by atoms with Gasteiger partial charge in [0.25, 0.3) is 0 Å². The van der Waals surface area contributed by atoms with Crippen molar-refractivity contribution in [1.29, 1.82) is 0 Å². The Morgan fingerprint density at radius 3 is 1.95 bits per heavy atom. The van der Waals surface area contributed by atoms with Crippen molar-refractivity contribution >= 4 is 0 Å². The van der Waals surface area contributed by atoms with Crippen LogP contribution in [0.15, 0.2) is 18.2 Å². The zero-order valence-corrected chi connectivity index (χ0v) is 22.1. The van der Waals surface area contributed by atoms with Gasteiger partial charge in [-0.1, -0.05) is 29.7 Å². The van der Waals surface area contributed by atoms with Crippen LogP contribution in [0.1, 0.15) is 48.3 Å². The van der Waals surface area contributed by atoms with Crippen LogP contribution in [0.2, 0.25) is 0 Å². The molecular formula is C30H38O10. The number of hydrogen-bond acceptors (Lipinski definition) is 10. The van der Waals surface area contributed by atoms with Gasteiger partial charge in [-0.2, -0.15) is 0 Å². The van der Waals surface area contributed by atoms with Crippen LogP contribution in [0.25, 0.3) is 0 Å². The van der Waals surface area contributed by atoms with Crippen LogP contribution in [-0.4, -0.2) is 115 Å². The normalized spacial score (nSPS) is 42.9. The predicted molar refractivity (Wildman–Crippen MR) is 141 cm³/mol. The van der Waals surface area contributed by atoms with Gasteiger partial charge in [-0.15, -0.1) is 0 Å². The zero-order valence-electron chi connectivity index (χ0n) is 22.1. The molecule has 40 heavy (non-hydrogen) atoms. The second kappa shape index (κ2) is 12.4. The van der Waals surface area contributed by atoms with Crippen molar-refractivity contribution in [3.05, 3.63) is 34.9 Å². The molecule has 13 atom stereocenters. The summed E-state index contributed by atoms with van der Waals surface area (Å²) in [5.74, 6) is 13.0. The highest BCUT2D eigenvalue weighted by molar-refractivity contribution is 5.44. The number of hydrogen-bond donors (Lipinski definition) is 8. The highest BCUT2D eigenvalue weighted by atomic mass is 16.5. The van der Waals surface area contributed by atoms with E-state index < -0.39 is 74.3 Å². The topological polar surface area (TPSA) is 180 Å². The van der Waals surface area contributed by atoms with E-state index in [1.165, 1.54) is 11.1 Å². The lowest BCUT2D eigenvalue weighted by molar-refractivity contribution is -0.214. The van der Waals surface area contributed by atoms with E-state index in [0.29, 0.717) is 11.8 Å². The molecule has 10 heteroatoms. The van der Waals surface area contributed by atoms with Crippen LogP contribution in [0.5, 0.6) is 0 Å². The quantitative estimate of drug-likeness (QED) is 0.193. The van der Waals surface area contributed by atoms with Crippen molar-refractivity contribution in [3.8, 4) is 23.7 Å². The lowest BCUT2D eigenvalue weighted by Crippen LogP contribution is -2.58. The molecule has 0 radical (unpaired) electrons.